The highest BCUT2D eigenvalue weighted by atomic mass is 32.2. The lowest BCUT2D eigenvalue weighted by atomic mass is 10.2. The van der Waals surface area contributed by atoms with Crippen molar-refractivity contribution in [3.05, 3.63) is 0 Å². The van der Waals surface area contributed by atoms with Gasteiger partial charge in [0.05, 0.1) is 6.10 Å². The van der Waals surface area contributed by atoms with Gasteiger partial charge < -0.3 is 10.1 Å². The van der Waals surface area contributed by atoms with Crippen molar-refractivity contribution in [2.75, 3.05) is 25.4 Å². The summed E-state index contributed by atoms with van der Waals surface area (Å²) >= 11 is 2.05. The van der Waals surface area contributed by atoms with Crippen LogP contribution in [0.2, 0.25) is 0 Å². The van der Waals surface area contributed by atoms with Crippen LogP contribution in [0.4, 0.5) is 0 Å². The minimum atomic E-state index is 0.535. The molecule has 1 aliphatic heterocycles. The number of nitrogens with one attached hydrogen (secondary N) is 1. The van der Waals surface area contributed by atoms with Gasteiger partial charge in [0, 0.05) is 24.2 Å². The number of hydrogen-bond acceptors (Lipinski definition) is 3. The van der Waals surface area contributed by atoms with Crippen molar-refractivity contribution < 1.29 is 4.74 Å². The zero-order chi connectivity index (χ0) is 11.6. The van der Waals surface area contributed by atoms with Crippen LogP contribution < -0.4 is 5.32 Å². The number of rotatable bonds is 9. The summed E-state index contributed by atoms with van der Waals surface area (Å²) in [5.74, 6) is 1.18. The SMILES string of the molecule is CCCCCNCC(C)SCC1CCCO1. The fourth-order valence-electron chi connectivity index (χ4n) is 1.91. The number of unbranched alkanes of at least 4 members (excludes halogenated alkanes) is 2. The van der Waals surface area contributed by atoms with Gasteiger partial charge in [-0.05, 0) is 25.8 Å². The molecule has 96 valence electrons. The van der Waals surface area contributed by atoms with Gasteiger partial charge in [-0.3, -0.25) is 0 Å². The van der Waals surface area contributed by atoms with Crippen molar-refractivity contribution in [1.29, 1.82) is 0 Å². The predicted molar refractivity (Wildman–Crippen MR) is 73.3 cm³/mol. The van der Waals surface area contributed by atoms with Crippen molar-refractivity contribution in [1.82, 2.24) is 5.32 Å². The average Bonchev–Trinajstić information content (AvgIpc) is 2.79. The Balaban J connectivity index is 1.87. The molecule has 1 heterocycles. The molecule has 2 nitrogen and oxygen atoms in total. The maximum absolute atomic E-state index is 5.62. The molecule has 1 N–H and O–H groups in total. The quantitative estimate of drug-likeness (QED) is 0.631. The highest BCUT2D eigenvalue weighted by molar-refractivity contribution is 7.99. The summed E-state index contributed by atoms with van der Waals surface area (Å²) < 4.78 is 5.62. The first-order valence-corrected chi connectivity index (χ1v) is 7.81. The topological polar surface area (TPSA) is 21.3 Å². The molecule has 0 aliphatic carbocycles. The molecule has 0 amide bonds. The maximum atomic E-state index is 5.62. The second-order valence-electron chi connectivity index (χ2n) is 4.69. The fraction of sp³-hybridized carbons (Fsp3) is 1.00. The second-order valence-corrected chi connectivity index (χ2v) is 6.16. The van der Waals surface area contributed by atoms with Crippen molar-refractivity contribution in [3.63, 3.8) is 0 Å². The van der Waals surface area contributed by atoms with E-state index < -0.39 is 0 Å². The molecule has 0 radical (unpaired) electrons. The average molecular weight is 245 g/mol. The maximum Gasteiger partial charge on any atom is 0.0666 e. The Morgan fingerprint density at radius 1 is 1.44 bits per heavy atom. The van der Waals surface area contributed by atoms with Crippen LogP contribution in [-0.2, 0) is 4.74 Å². The van der Waals surface area contributed by atoms with Crippen LogP contribution in [0.5, 0.6) is 0 Å². The van der Waals surface area contributed by atoms with Crippen LogP contribution in [0.3, 0.4) is 0 Å². The number of ether oxygens (including phenoxy) is 1. The summed E-state index contributed by atoms with van der Waals surface area (Å²) in [4.78, 5) is 0. The monoisotopic (exact) mass is 245 g/mol. The van der Waals surface area contributed by atoms with Crippen LogP contribution in [0, 0.1) is 0 Å². The molecule has 0 aromatic rings. The highest BCUT2D eigenvalue weighted by Crippen LogP contribution is 2.19. The smallest absolute Gasteiger partial charge is 0.0666 e. The Kier molecular flexibility index (Phi) is 8.34. The van der Waals surface area contributed by atoms with E-state index in [9.17, 15) is 0 Å². The van der Waals surface area contributed by atoms with E-state index in [-0.39, 0.29) is 0 Å². The van der Waals surface area contributed by atoms with E-state index in [4.69, 9.17) is 4.74 Å². The second kappa shape index (κ2) is 9.32. The third kappa shape index (κ3) is 6.77. The minimum Gasteiger partial charge on any atom is -0.377 e. The zero-order valence-corrected chi connectivity index (χ0v) is 11.7. The van der Waals surface area contributed by atoms with Crippen LogP contribution in [-0.4, -0.2) is 36.8 Å². The lowest BCUT2D eigenvalue weighted by Crippen LogP contribution is -2.25. The third-order valence-corrected chi connectivity index (χ3v) is 4.28. The summed E-state index contributed by atoms with van der Waals surface area (Å²) in [6.45, 7) is 7.86. The Morgan fingerprint density at radius 3 is 3.00 bits per heavy atom. The summed E-state index contributed by atoms with van der Waals surface area (Å²) in [7, 11) is 0. The van der Waals surface area contributed by atoms with E-state index >= 15 is 0 Å². The molecule has 0 aromatic heterocycles. The van der Waals surface area contributed by atoms with Gasteiger partial charge in [0.2, 0.25) is 0 Å². The van der Waals surface area contributed by atoms with Crippen LogP contribution in [0.25, 0.3) is 0 Å². The van der Waals surface area contributed by atoms with Gasteiger partial charge >= 0.3 is 0 Å². The Hall–Kier alpha value is 0.270. The lowest BCUT2D eigenvalue weighted by molar-refractivity contribution is 0.129. The fourth-order valence-corrected chi connectivity index (χ4v) is 2.95. The molecule has 1 rings (SSSR count). The van der Waals surface area contributed by atoms with Gasteiger partial charge in [-0.2, -0.15) is 11.8 Å². The Morgan fingerprint density at radius 2 is 2.31 bits per heavy atom. The molecule has 1 saturated heterocycles. The van der Waals surface area contributed by atoms with Crippen molar-refractivity contribution >= 4 is 11.8 Å². The molecule has 0 bridgehead atoms. The number of hydrogen-bond donors (Lipinski definition) is 1. The standard InChI is InChI=1S/C13H27NOS/c1-3-4-5-8-14-10-12(2)16-11-13-7-6-9-15-13/h12-14H,3-11H2,1-2H3. The Bertz CT molecular complexity index is 160. The summed E-state index contributed by atoms with van der Waals surface area (Å²) in [6, 6.07) is 0. The molecule has 1 fully saturated rings. The van der Waals surface area contributed by atoms with Crippen molar-refractivity contribution in [2.45, 2.75) is 57.3 Å². The van der Waals surface area contributed by atoms with Crippen molar-refractivity contribution in [2.24, 2.45) is 0 Å². The lowest BCUT2D eigenvalue weighted by Gasteiger charge is -2.15. The zero-order valence-electron chi connectivity index (χ0n) is 10.8. The van der Waals surface area contributed by atoms with E-state index in [0.29, 0.717) is 11.4 Å². The van der Waals surface area contributed by atoms with Crippen LogP contribution in [0.15, 0.2) is 0 Å². The van der Waals surface area contributed by atoms with Crippen LogP contribution in [0.1, 0.15) is 46.0 Å². The van der Waals surface area contributed by atoms with Gasteiger partial charge in [0.1, 0.15) is 0 Å². The van der Waals surface area contributed by atoms with Gasteiger partial charge in [0.15, 0.2) is 0 Å². The molecule has 3 heteroatoms. The summed E-state index contributed by atoms with van der Waals surface area (Å²) in [6.07, 6.45) is 7.04. The van der Waals surface area contributed by atoms with Gasteiger partial charge in [-0.25, -0.2) is 0 Å². The van der Waals surface area contributed by atoms with Crippen molar-refractivity contribution in [3.8, 4) is 0 Å². The normalized spacial score (nSPS) is 22.5. The van der Waals surface area contributed by atoms with Gasteiger partial charge in [0.25, 0.3) is 0 Å². The highest BCUT2D eigenvalue weighted by Gasteiger charge is 2.16. The molecule has 0 saturated carbocycles. The van der Waals surface area contributed by atoms with Crippen LogP contribution >= 0.6 is 11.8 Å². The predicted octanol–water partition coefficient (Wildman–Crippen LogP) is 3.07. The molecule has 2 unspecified atom stereocenters. The summed E-state index contributed by atoms with van der Waals surface area (Å²) in [5.41, 5.74) is 0. The molecular weight excluding hydrogens is 218 g/mol. The minimum absolute atomic E-state index is 0.535. The van der Waals surface area contributed by atoms with E-state index in [1.165, 1.54) is 44.4 Å². The van der Waals surface area contributed by atoms with Gasteiger partial charge in [-0.1, -0.05) is 26.7 Å². The van der Waals surface area contributed by atoms with Gasteiger partial charge in [-0.15, -0.1) is 0 Å². The van der Waals surface area contributed by atoms with E-state index in [0.717, 1.165) is 13.2 Å². The largest absolute Gasteiger partial charge is 0.377 e. The molecule has 0 spiro atoms. The number of thioether (sulfide) groups is 1. The first-order chi connectivity index (χ1) is 7.83. The van der Waals surface area contributed by atoms with E-state index in [1.54, 1.807) is 0 Å². The van der Waals surface area contributed by atoms with E-state index in [1.807, 2.05) is 11.8 Å². The molecule has 16 heavy (non-hydrogen) atoms. The molecular formula is C13H27NOS. The van der Waals surface area contributed by atoms with E-state index in [2.05, 4.69) is 19.2 Å². The first kappa shape index (κ1) is 14.3. The molecule has 2 atom stereocenters. The molecule has 0 aromatic carbocycles. The Labute approximate surface area is 105 Å². The first-order valence-electron chi connectivity index (χ1n) is 6.77. The molecule has 1 aliphatic rings. The third-order valence-electron chi connectivity index (χ3n) is 2.98. The summed E-state index contributed by atoms with van der Waals surface area (Å²) in [5, 5.41) is 4.25.